The van der Waals surface area contributed by atoms with Gasteiger partial charge in [-0.05, 0) is 17.9 Å². The minimum absolute atomic E-state index is 0.660. The summed E-state index contributed by atoms with van der Waals surface area (Å²) in [6, 6.07) is 10.6. The van der Waals surface area contributed by atoms with Crippen LogP contribution in [0.1, 0.15) is 18.9 Å². The van der Waals surface area contributed by atoms with E-state index >= 15 is 0 Å². The van der Waals surface area contributed by atoms with Gasteiger partial charge >= 0.3 is 0 Å². The van der Waals surface area contributed by atoms with E-state index in [-0.39, 0.29) is 0 Å². The fraction of sp³-hybridized carbons (Fsp3) is 0.500. The van der Waals surface area contributed by atoms with E-state index in [4.69, 9.17) is 4.74 Å². The summed E-state index contributed by atoms with van der Waals surface area (Å²) in [4.78, 5) is 0. The van der Waals surface area contributed by atoms with Crippen molar-refractivity contribution in [1.82, 2.24) is 0 Å². The van der Waals surface area contributed by atoms with Gasteiger partial charge in [-0.3, -0.25) is 0 Å². The van der Waals surface area contributed by atoms with E-state index in [0.29, 0.717) is 5.92 Å². The van der Waals surface area contributed by atoms with Crippen LogP contribution in [-0.2, 0) is 11.2 Å². The van der Waals surface area contributed by atoms with Gasteiger partial charge in [0.05, 0.1) is 0 Å². The molecule has 0 aromatic heterocycles. The number of methoxy groups -OCH3 is 1. The summed E-state index contributed by atoms with van der Waals surface area (Å²) in [5.41, 5.74) is 1.41. The van der Waals surface area contributed by atoms with Gasteiger partial charge in [0.25, 0.3) is 0 Å². The summed E-state index contributed by atoms with van der Waals surface area (Å²) in [6.45, 7) is 3.08. The second-order valence-electron chi connectivity index (χ2n) is 3.42. The van der Waals surface area contributed by atoms with Crippen LogP contribution >= 0.6 is 0 Å². The molecule has 0 aliphatic heterocycles. The first kappa shape index (κ1) is 10.3. The predicted octanol–water partition coefficient (Wildman–Crippen LogP) is 2.90. The maximum atomic E-state index is 5.17. The summed E-state index contributed by atoms with van der Waals surface area (Å²) >= 11 is 0. The molecule has 0 amide bonds. The van der Waals surface area contributed by atoms with Crippen molar-refractivity contribution in [2.75, 3.05) is 13.7 Å². The molecule has 1 heteroatoms. The molecule has 1 rings (SSSR count). The van der Waals surface area contributed by atoms with E-state index in [1.807, 2.05) is 0 Å². The maximum Gasteiger partial charge on any atom is 0.0493 e. The van der Waals surface area contributed by atoms with Gasteiger partial charge in [0, 0.05) is 13.7 Å². The van der Waals surface area contributed by atoms with E-state index < -0.39 is 0 Å². The molecule has 0 fully saturated rings. The van der Waals surface area contributed by atoms with Crippen molar-refractivity contribution >= 4 is 0 Å². The van der Waals surface area contributed by atoms with Crippen molar-refractivity contribution in [1.29, 1.82) is 0 Å². The predicted molar refractivity (Wildman–Crippen MR) is 55.8 cm³/mol. The smallest absolute Gasteiger partial charge is 0.0493 e. The zero-order chi connectivity index (χ0) is 9.52. The lowest BCUT2D eigenvalue weighted by Gasteiger charge is -2.13. The lowest BCUT2D eigenvalue weighted by Crippen LogP contribution is -2.09. The van der Waals surface area contributed by atoms with Crippen LogP contribution in [0.15, 0.2) is 30.3 Å². The SMILES string of the molecule is CC[C@H](COC)Cc1ccccc1. The van der Waals surface area contributed by atoms with Gasteiger partial charge in [-0.15, -0.1) is 0 Å². The molecular weight excluding hydrogens is 160 g/mol. The Morgan fingerprint density at radius 3 is 2.46 bits per heavy atom. The van der Waals surface area contributed by atoms with Crippen LogP contribution in [0.5, 0.6) is 0 Å². The van der Waals surface area contributed by atoms with Crippen molar-refractivity contribution < 1.29 is 4.74 Å². The van der Waals surface area contributed by atoms with Crippen LogP contribution in [0, 0.1) is 5.92 Å². The Balaban J connectivity index is 2.46. The molecule has 1 nitrogen and oxygen atoms in total. The van der Waals surface area contributed by atoms with Gasteiger partial charge in [0.2, 0.25) is 0 Å². The number of ether oxygens (including phenoxy) is 1. The highest BCUT2D eigenvalue weighted by molar-refractivity contribution is 5.15. The van der Waals surface area contributed by atoms with Crippen molar-refractivity contribution in [3.05, 3.63) is 35.9 Å². The van der Waals surface area contributed by atoms with Gasteiger partial charge < -0.3 is 4.74 Å². The topological polar surface area (TPSA) is 9.23 Å². The quantitative estimate of drug-likeness (QED) is 0.673. The average Bonchev–Trinajstić information content (AvgIpc) is 2.19. The molecule has 72 valence electrons. The van der Waals surface area contributed by atoms with Crippen LogP contribution in [0.25, 0.3) is 0 Å². The maximum absolute atomic E-state index is 5.17. The van der Waals surface area contributed by atoms with Crippen molar-refractivity contribution in [2.45, 2.75) is 19.8 Å². The summed E-state index contributed by atoms with van der Waals surface area (Å²) in [7, 11) is 1.77. The van der Waals surface area contributed by atoms with Gasteiger partial charge in [0.1, 0.15) is 0 Å². The zero-order valence-corrected chi connectivity index (χ0v) is 8.49. The fourth-order valence-electron chi connectivity index (χ4n) is 1.50. The van der Waals surface area contributed by atoms with Gasteiger partial charge in [-0.25, -0.2) is 0 Å². The van der Waals surface area contributed by atoms with Crippen LogP contribution < -0.4 is 0 Å². The third kappa shape index (κ3) is 3.60. The first-order valence-electron chi connectivity index (χ1n) is 4.89. The molecule has 0 radical (unpaired) electrons. The van der Waals surface area contributed by atoms with E-state index in [2.05, 4.69) is 37.3 Å². The lowest BCUT2D eigenvalue weighted by molar-refractivity contribution is 0.150. The second kappa shape index (κ2) is 5.76. The minimum atomic E-state index is 0.660. The normalized spacial score (nSPS) is 12.8. The van der Waals surface area contributed by atoms with Crippen LogP contribution in [0.2, 0.25) is 0 Å². The summed E-state index contributed by atoms with van der Waals surface area (Å²) in [5, 5.41) is 0. The molecule has 0 unspecified atom stereocenters. The third-order valence-corrected chi connectivity index (χ3v) is 2.35. The third-order valence-electron chi connectivity index (χ3n) is 2.35. The molecule has 1 aromatic rings. The number of hydrogen-bond donors (Lipinski definition) is 0. The zero-order valence-electron chi connectivity index (χ0n) is 8.49. The monoisotopic (exact) mass is 178 g/mol. The molecule has 0 aliphatic rings. The molecule has 13 heavy (non-hydrogen) atoms. The average molecular weight is 178 g/mol. The summed E-state index contributed by atoms with van der Waals surface area (Å²) in [5.74, 6) is 0.660. The molecule has 0 heterocycles. The Morgan fingerprint density at radius 2 is 1.92 bits per heavy atom. The molecule has 0 bridgehead atoms. The van der Waals surface area contributed by atoms with E-state index in [0.717, 1.165) is 13.0 Å². The largest absolute Gasteiger partial charge is 0.384 e. The molecule has 0 aliphatic carbocycles. The molecule has 0 N–H and O–H groups in total. The van der Waals surface area contributed by atoms with Gasteiger partial charge in [-0.2, -0.15) is 0 Å². The first-order valence-corrected chi connectivity index (χ1v) is 4.89. The summed E-state index contributed by atoms with van der Waals surface area (Å²) < 4.78 is 5.17. The fourth-order valence-corrected chi connectivity index (χ4v) is 1.50. The minimum Gasteiger partial charge on any atom is -0.384 e. The van der Waals surface area contributed by atoms with Crippen LogP contribution in [0.3, 0.4) is 0 Å². The standard InChI is InChI=1S/C12H18O/c1-3-11(10-13-2)9-12-7-5-4-6-8-12/h4-8,11H,3,9-10H2,1-2H3/t11-/m0/s1. The number of benzene rings is 1. The first-order chi connectivity index (χ1) is 6.36. The molecular formula is C12H18O. The van der Waals surface area contributed by atoms with Crippen molar-refractivity contribution in [3.8, 4) is 0 Å². The molecule has 1 atom stereocenters. The second-order valence-corrected chi connectivity index (χ2v) is 3.42. The van der Waals surface area contributed by atoms with Crippen molar-refractivity contribution in [3.63, 3.8) is 0 Å². The van der Waals surface area contributed by atoms with E-state index in [9.17, 15) is 0 Å². The highest BCUT2D eigenvalue weighted by Gasteiger charge is 2.05. The molecule has 1 aromatic carbocycles. The van der Waals surface area contributed by atoms with Crippen LogP contribution in [-0.4, -0.2) is 13.7 Å². The molecule has 0 saturated carbocycles. The Labute approximate surface area is 80.7 Å². The van der Waals surface area contributed by atoms with E-state index in [1.54, 1.807) is 7.11 Å². The Bertz CT molecular complexity index is 218. The highest BCUT2D eigenvalue weighted by atomic mass is 16.5. The van der Waals surface area contributed by atoms with Crippen molar-refractivity contribution in [2.24, 2.45) is 5.92 Å². The number of rotatable bonds is 5. The Hall–Kier alpha value is -0.820. The van der Waals surface area contributed by atoms with E-state index in [1.165, 1.54) is 12.0 Å². The highest BCUT2D eigenvalue weighted by Crippen LogP contribution is 2.11. The molecule has 0 spiro atoms. The molecule has 0 saturated heterocycles. The van der Waals surface area contributed by atoms with Gasteiger partial charge in [0.15, 0.2) is 0 Å². The summed E-state index contributed by atoms with van der Waals surface area (Å²) in [6.07, 6.45) is 2.31. The van der Waals surface area contributed by atoms with Gasteiger partial charge in [-0.1, -0.05) is 43.7 Å². The lowest BCUT2D eigenvalue weighted by atomic mass is 9.98. The number of hydrogen-bond acceptors (Lipinski definition) is 1. The Morgan fingerprint density at radius 1 is 1.23 bits per heavy atom. The van der Waals surface area contributed by atoms with Crippen LogP contribution in [0.4, 0.5) is 0 Å². The Kier molecular flexibility index (Phi) is 4.55.